The minimum absolute atomic E-state index is 0.243. The second kappa shape index (κ2) is 5.37. The average molecular weight is 376 g/mol. The predicted octanol–water partition coefficient (Wildman–Crippen LogP) is 3.57. The summed E-state index contributed by atoms with van der Waals surface area (Å²) in [6.07, 6.45) is 2.59. The van der Waals surface area contributed by atoms with Crippen molar-refractivity contribution in [2.24, 2.45) is 0 Å². The van der Waals surface area contributed by atoms with Crippen LogP contribution in [-0.4, -0.2) is 20.4 Å². The maximum Gasteiger partial charge on any atom is 0.181 e. The predicted molar refractivity (Wildman–Crippen MR) is 75.9 cm³/mol. The molecule has 0 spiro atoms. The maximum absolute atomic E-state index is 12.0. The monoisotopic (exact) mass is 376 g/mol. The lowest BCUT2D eigenvalue weighted by Crippen LogP contribution is -2.07. The summed E-state index contributed by atoms with van der Waals surface area (Å²) < 4.78 is 25.9. The Hall–Kier alpha value is 0.730. The SMILES string of the molecule is CCCS(=O)(=O)c1c(SC)sc(C)c1I. The molecule has 0 amide bonds. The summed E-state index contributed by atoms with van der Waals surface area (Å²) in [7, 11) is -3.08. The fourth-order valence-corrected chi connectivity index (χ4v) is 7.50. The van der Waals surface area contributed by atoms with Gasteiger partial charge >= 0.3 is 0 Å². The Morgan fingerprint density at radius 2 is 2.07 bits per heavy atom. The number of hydrogen-bond acceptors (Lipinski definition) is 4. The first-order chi connectivity index (χ1) is 6.94. The van der Waals surface area contributed by atoms with Crippen LogP contribution in [0.4, 0.5) is 0 Å². The lowest BCUT2D eigenvalue weighted by Gasteiger charge is -2.03. The zero-order valence-corrected chi connectivity index (χ0v) is 13.4. The van der Waals surface area contributed by atoms with E-state index in [0.29, 0.717) is 11.3 Å². The third-order valence-electron chi connectivity index (χ3n) is 1.91. The van der Waals surface area contributed by atoms with Crippen molar-refractivity contribution in [1.82, 2.24) is 0 Å². The van der Waals surface area contributed by atoms with E-state index in [4.69, 9.17) is 0 Å². The highest BCUT2D eigenvalue weighted by molar-refractivity contribution is 14.1. The van der Waals surface area contributed by atoms with Gasteiger partial charge in [-0.1, -0.05) is 6.92 Å². The molecule has 6 heteroatoms. The van der Waals surface area contributed by atoms with Gasteiger partial charge in [0.1, 0.15) is 4.90 Å². The summed E-state index contributed by atoms with van der Waals surface area (Å²) in [5.41, 5.74) is 0. The van der Waals surface area contributed by atoms with Crippen molar-refractivity contribution >= 4 is 55.5 Å². The standard InChI is InChI=1S/C9H13IO2S3/c1-4-5-15(11,12)8-7(10)6(2)14-9(8)13-3/h4-5H2,1-3H3. The van der Waals surface area contributed by atoms with Crippen molar-refractivity contribution in [2.75, 3.05) is 12.0 Å². The summed E-state index contributed by atoms with van der Waals surface area (Å²) in [6, 6.07) is 0. The molecule has 1 aromatic heterocycles. The summed E-state index contributed by atoms with van der Waals surface area (Å²) in [5, 5.41) is 0. The van der Waals surface area contributed by atoms with Crippen LogP contribution in [0.1, 0.15) is 18.2 Å². The normalized spacial score (nSPS) is 12.0. The van der Waals surface area contributed by atoms with Crippen molar-refractivity contribution in [3.8, 4) is 0 Å². The molecule has 0 unspecified atom stereocenters. The molecule has 0 saturated heterocycles. The van der Waals surface area contributed by atoms with Gasteiger partial charge in [0.2, 0.25) is 0 Å². The topological polar surface area (TPSA) is 34.1 Å². The van der Waals surface area contributed by atoms with Crippen LogP contribution in [0.25, 0.3) is 0 Å². The molecule has 0 atom stereocenters. The lowest BCUT2D eigenvalue weighted by atomic mass is 10.5. The highest BCUT2D eigenvalue weighted by atomic mass is 127. The molecule has 0 aliphatic rings. The molecular weight excluding hydrogens is 363 g/mol. The third-order valence-corrected chi connectivity index (χ3v) is 8.45. The molecule has 15 heavy (non-hydrogen) atoms. The number of hydrogen-bond donors (Lipinski definition) is 0. The third kappa shape index (κ3) is 2.89. The molecule has 0 aliphatic heterocycles. The number of sulfone groups is 1. The van der Waals surface area contributed by atoms with Crippen LogP contribution in [0.3, 0.4) is 0 Å². The Morgan fingerprint density at radius 3 is 2.53 bits per heavy atom. The van der Waals surface area contributed by atoms with Crippen LogP contribution in [0.15, 0.2) is 9.10 Å². The molecule has 0 aromatic carbocycles. The van der Waals surface area contributed by atoms with E-state index in [9.17, 15) is 8.42 Å². The Morgan fingerprint density at radius 1 is 1.47 bits per heavy atom. The maximum atomic E-state index is 12.0. The number of halogens is 1. The molecular formula is C9H13IO2S3. The molecule has 1 aromatic rings. The van der Waals surface area contributed by atoms with Gasteiger partial charge in [-0.05, 0) is 42.2 Å². The Bertz CT molecular complexity index is 448. The molecule has 86 valence electrons. The van der Waals surface area contributed by atoms with Crippen LogP contribution in [0.2, 0.25) is 0 Å². The second-order valence-electron chi connectivity index (χ2n) is 3.11. The summed E-state index contributed by atoms with van der Waals surface area (Å²) in [5.74, 6) is 0.243. The molecule has 1 rings (SSSR count). The average Bonchev–Trinajstić information content (AvgIpc) is 2.43. The Kier molecular flexibility index (Phi) is 4.94. The largest absolute Gasteiger partial charge is 0.224 e. The van der Waals surface area contributed by atoms with E-state index < -0.39 is 9.84 Å². The fraction of sp³-hybridized carbons (Fsp3) is 0.556. The van der Waals surface area contributed by atoms with E-state index >= 15 is 0 Å². The quantitative estimate of drug-likeness (QED) is 0.595. The zero-order chi connectivity index (χ0) is 11.6. The summed E-state index contributed by atoms with van der Waals surface area (Å²) in [6.45, 7) is 3.86. The van der Waals surface area contributed by atoms with Gasteiger partial charge in [0.15, 0.2) is 9.84 Å². The number of thiophene rings is 1. The van der Waals surface area contributed by atoms with Crippen LogP contribution in [0.5, 0.6) is 0 Å². The molecule has 0 saturated carbocycles. The van der Waals surface area contributed by atoms with Crippen molar-refractivity contribution in [2.45, 2.75) is 29.4 Å². The van der Waals surface area contributed by atoms with Crippen LogP contribution in [-0.2, 0) is 9.84 Å². The lowest BCUT2D eigenvalue weighted by molar-refractivity contribution is 0.593. The minimum Gasteiger partial charge on any atom is -0.224 e. The Labute approximate surface area is 113 Å². The molecule has 0 fully saturated rings. The van der Waals surface area contributed by atoms with Gasteiger partial charge in [0.05, 0.1) is 9.96 Å². The van der Waals surface area contributed by atoms with Crippen molar-refractivity contribution < 1.29 is 8.42 Å². The first-order valence-corrected chi connectivity index (χ1v) is 9.27. The molecule has 2 nitrogen and oxygen atoms in total. The van der Waals surface area contributed by atoms with Crippen LogP contribution >= 0.6 is 45.7 Å². The molecule has 0 aliphatic carbocycles. The molecule has 0 N–H and O–H groups in total. The highest BCUT2D eigenvalue weighted by Gasteiger charge is 2.24. The first-order valence-electron chi connectivity index (χ1n) is 4.49. The zero-order valence-electron chi connectivity index (χ0n) is 8.83. The van der Waals surface area contributed by atoms with Gasteiger partial charge in [-0.2, -0.15) is 0 Å². The van der Waals surface area contributed by atoms with Crippen molar-refractivity contribution in [1.29, 1.82) is 0 Å². The van der Waals surface area contributed by atoms with E-state index in [1.165, 1.54) is 11.8 Å². The van der Waals surface area contributed by atoms with Gasteiger partial charge < -0.3 is 0 Å². The number of aryl methyl sites for hydroxylation is 1. The van der Waals surface area contributed by atoms with Gasteiger partial charge in [-0.3, -0.25) is 0 Å². The van der Waals surface area contributed by atoms with Crippen LogP contribution < -0.4 is 0 Å². The van der Waals surface area contributed by atoms with Crippen molar-refractivity contribution in [3.05, 3.63) is 8.45 Å². The summed E-state index contributed by atoms with van der Waals surface area (Å²) in [4.78, 5) is 1.65. The Balaban J connectivity index is 3.35. The van der Waals surface area contributed by atoms with E-state index in [-0.39, 0.29) is 5.75 Å². The van der Waals surface area contributed by atoms with Crippen molar-refractivity contribution in [3.63, 3.8) is 0 Å². The van der Waals surface area contributed by atoms with Gasteiger partial charge in [-0.25, -0.2) is 8.42 Å². The molecule has 0 radical (unpaired) electrons. The van der Waals surface area contributed by atoms with E-state index in [1.807, 2.05) is 20.1 Å². The van der Waals surface area contributed by atoms with E-state index in [2.05, 4.69) is 22.6 Å². The second-order valence-corrected chi connectivity index (χ2v) is 8.54. The highest BCUT2D eigenvalue weighted by Crippen LogP contribution is 2.39. The van der Waals surface area contributed by atoms with Gasteiger partial charge in [0, 0.05) is 8.45 Å². The fourth-order valence-electron chi connectivity index (χ4n) is 1.25. The van der Waals surface area contributed by atoms with E-state index in [0.717, 1.165) is 12.7 Å². The first kappa shape index (κ1) is 13.8. The van der Waals surface area contributed by atoms with E-state index in [1.54, 1.807) is 11.3 Å². The summed E-state index contributed by atoms with van der Waals surface area (Å²) >= 11 is 5.22. The van der Waals surface area contributed by atoms with Gasteiger partial charge in [-0.15, -0.1) is 23.1 Å². The number of thioether (sulfide) groups is 1. The molecule has 0 bridgehead atoms. The van der Waals surface area contributed by atoms with Gasteiger partial charge in [0.25, 0.3) is 0 Å². The smallest absolute Gasteiger partial charge is 0.181 e. The minimum atomic E-state index is -3.08. The molecule has 1 heterocycles. The number of rotatable bonds is 4. The van der Waals surface area contributed by atoms with Crippen LogP contribution in [0, 0.1) is 10.5 Å².